The van der Waals surface area contributed by atoms with E-state index in [0.29, 0.717) is 34.3 Å². The molecule has 184 valence electrons. The van der Waals surface area contributed by atoms with Crippen LogP contribution in [0.25, 0.3) is 22.6 Å². The minimum atomic E-state index is -0.549. The number of para-hydroxylation sites is 1. The van der Waals surface area contributed by atoms with Crippen molar-refractivity contribution in [3.8, 4) is 0 Å². The maximum Gasteiger partial charge on any atom is 0.339 e. The molecule has 0 radical (unpaired) electrons. The Morgan fingerprint density at radius 2 is 1.54 bits per heavy atom. The Morgan fingerprint density at radius 1 is 0.865 bits per heavy atom. The number of anilines is 2. The van der Waals surface area contributed by atoms with Gasteiger partial charge in [-0.1, -0.05) is 48.5 Å². The molecule has 1 aliphatic rings. The second-order valence-electron chi connectivity index (χ2n) is 8.79. The number of allylic oxidation sites excluding steroid dienone is 1. The molecule has 0 bridgehead atoms. The van der Waals surface area contributed by atoms with Crippen LogP contribution < -0.4 is 10.6 Å². The number of carbonyl (C=O) groups is 3. The van der Waals surface area contributed by atoms with Gasteiger partial charge in [-0.05, 0) is 65.9 Å². The summed E-state index contributed by atoms with van der Waals surface area (Å²) in [5.74, 6) is -1.19. The topological polar surface area (TPSA) is 97.4 Å². The van der Waals surface area contributed by atoms with Gasteiger partial charge in [-0.3, -0.25) is 9.59 Å². The van der Waals surface area contributed by atoms with Gasteiger partial charge in [-0.25, -0.2) is 9.78 Å². The maximum absolute atomic E-state index is 13.3. The molecule has 0 unspecified atom stereocenters. The van der Waals surface area contributed by atoms with Crippen molar-refractivity contribution in [2.45, 2.75) is 19.8 Å². The van der Waals surface area contributed by atoms with Gasteiger partial charge >= 0.3 is 5.97 Å². The predicted molar refractivity (Wildman–Crippen MR) is 144 cm³/mol. The van der Waals surface area contributed by atoms with Gasteiger partial charge in [-0.2, -0.15) is 0 Å². The van der Waals surface area contributed by atoms with Crippen molar-refractivity contribution < 1.29 is 19.1 Å². The summed E-state index contributed by atoms with van der Waals surface area (Å²) in [5, 5.41) is 6.08. The van der Waals surface area contributed by atoms with E-state index in [4.69, 9.17) is 9.72 Å². The largest absolute Gasteiger partial charge is 0.452 e. The van der Waals surface area contributed by atoms with Crippen LogP contribution in [0.15, 0.2) is 78.9 Å². The number of hydrogen-bond acceptors (Lipinski definition) is 5. The summed E-state index contributed by atoms with van der Waals surface area (Å²) in [4.78, 5) is 41.8. The van der Waals surface area contributed by atoms with Crippen molar-refractivity contribution in [1.29, 1.82) is 0 Å². The number of aromatic nitrogens is 1. The van der Waals surface area contributed by atoms with E-state index in [0.717, 1.165) is 28.8 Å². The van der Waals surface area contributed by atoms with Crippen LogP contribution in [0.5, 0.6) is 0 Å². The van der Waals surface area contributed by atoms with Crippen LogP contribution in [0.2, 0.25) is 0 Å². The number of amides is 2. The van der Waals surface area contributed by atoms with E-state index in [2.05, 4.69) is 16.7 Å². The van der Waals surface area contributed by atoms with Crippen molar-refractivity contribution >= 4 is 51.7 Å². The Labute approximate surface area is 214 Å². The summed E-state index contributed by atoms with van der Waals surface area (Å²) in [7, 11) is 0. The van der Waals surface area contributed by atoms with Crippen LogP contribution in [0.4, 0.5) is 11.4 Å². The number of nitrogens with one attached hydrogen (secondary N) is 2. The third-order valence-corrected chi connectivity index (χ3v) is 6.11. The third-order valence-electron chi connectivity index (χ3n) is 6.11. The number of nitrogens with zero attached hydrogens (tertiary/aromatic N) is 1. The van der Waals surface area contributed by atoms with Gasteiger partial charge in [0.25, 0.3) is 5.91 Å². The molecule has 0 spiro atoms. The fourth-order valence-electron chi connectivity index (χ4n) is 4.50. The minimum Gasteiger partial charge on any atom is -0.452 e. The van der Waals surface area contributed by atoms with Crippen LogP contribution in [0.1, 0.15) is 40.5 Å². The summed E-state index contributed by atoms with van der Waals surface area (Å²) in [6, 6.07) is 24.2. The van der Waals surface area contributed by atoms with Gasteiger partial charge in [0.15, 0.2) is 6.61 Å². The lowest BCUT2D eigenvalue weighted by Gasteiger charge is -2.13. The Kier molecular flexibility index (Phi) is 6.76. The highest BCUT2D eigenvalue weighted by Gasteiger charge is 2.28. The second kappa shape index (κ2) is 10.5. The van der Waals surface area contributed by atoms with Crippen molar-refractivity contribution in [1.82, 2.24) is 4.98 Å². The quantitative estimate of drug-likeness (QED) is 0.348. The molecule has 1 aliphatic carbocycles. The Hall–Kier alpha value is -4.78. The molecule has 37 heavy (non-hydrogen) atoms. The lowest BCUT2D eigenvalue weighted by molar-refractivity contribution is -0.119. The van der Waals surface area contributed by atoms with Gasteiger partial charge in [-0.15, -0.1) is 0 Å². The number of fused-ring (bicyclic) bond motifs is 2. The number of ether oxygens (including phenoxy) is 1. The first-order chi connectivity index (χ1) is 18.0. The van der Waals surface area contributed by atoms with Crippen LogP contribution >= 0.6 is 0 Å². The average Bonchev–Trinajstić information content (AvgIpc) is 3.29. The van der Waals surface area contributed by atoms with Crippen molar-refractivity contribution in [3.63, 3.8) is 0 Å². The summed E-state index contributed by atoms with van der Waals surface area (Å²) in [6.07, 6.45) is 3.54. The lowest BCUT2D eigenvalue weighted by Crippen LogP contribution is -2.21. The zero-order valence-electron chi connectivity index (χ0n) is 20.3. The van der Waals surface area contributed by atoms with E-state index in [1.807, 2.05) is 54.6 Å². The zero-order valence-corrected chi connectivity index (χ0v) is 20.3. The number of carbonyl (C=O) groups excluding carboxylic acids is 3. The fraction of sp³-hybridized carbons (Fsp3) is 0.133. The third kappa shape index (κ3) is 5.41. The summed E-state index contributed by atoms with van der Waals surface area (Å²) < 4.78 is 5.47. The molecule has 3 aromatic carbocycles. The summed E-state index contributed by atoms with van der Waals surface area (Å²) in [5.41, 5.74) is 6.12. The van der Waals surface area contributed by atoms with E-state index in [-0.39, 0.29) is 5.91 Å². The molecule has 0 saturated heterocycles. The number of hydrogen-bond donors (Lipinski definition) is 2. The highest BCUT2D eigenvalue weighted by Crippen LogP contribution is 2.37. The van der Waals surface area contributed by atoms with Gasteiger partial charge in [0, 0.05) is 23.7 Å². The smallest absolute Gasteiger partial charge is 0.339 e. The Bertz CT molecular complexity index is 1530. The monoisotopic (exact) mass is 491 g/mol. The Morgan fingerprint density at radius 3 is 2.27 bits per heavy atom. The minimum absolute atomic E-state index is 0.179. The van der Waals surface area contributed by atoms with Gasteiger partial charge in [0.2, 0.25) is 5.91 Å². The first-order valence-electron chi connectivity index (χ1n) is 12.0. The summed E-state index contributed by atoms with van der Waals surface area (Å²) >= 11 is 0. The van der Waals surface area contributed by atoms with Crippen LogP contribution in [-0.4, -0.2) is 29.4 Å². The molecule has 2 amide bonds. The van der Waals surface area contributed by atoms with Crippen LogP contribution in [-0.2, 0) is 20.7 Å². The molecular formula is C30H25N3O4. The Balaban J connectivity index is 1.35. The number of benzene rings is 3. The maximum atomic E-state index is 13.3. The second-order valence-corrected chi connectivity index (χ2v) is 8.79. The lowest BCUT2D eigenvalue weighted by atomic mass is 10.0. The molecule has 0 fully saturated rings. The molecule has 5 rings (SSSR count). The van der Waals surface area contributed by atoms with E-state index in [1.54, 1.807) is 24.3 Å². The van der Waals surface area contributed by atoms with Crippen LogP contribution in [0.3, 0.4) is 0 Å². The number of rotatable bonds is 6. The molecule has 0 saturated carbocycles. The fourth-order valence-corrected chi connectivity index (χ4v) is 4.50. The molecular weight excluding hydrogens is 466 g/mol. The molecule has 7 heteroatoms. The molecule has 1 heterocycles. The number of pyridine rings is 1. The zero-order chi connectivity index (χ0) is 25.8. The normalized spacial score (nSPS) is 13.3. The standard InChI is InChI=1S/C30H25N3O4/c1-19(34)31-22-12-14-23(15-13-22)32-27(35)18-37-30(36)28-24-9-5-6-10-26(24)33-29-21(11-16-25(28)29)17-20-7-3-2-4-8-20/h2-10,12-15,17H,11,16,18H2,1H3,(H,31,34)(H,32,35)/b21-17+. The highest BCUT2D eigenvalue weighted by molar-refractivity contribution is 6.08. The van der Waals surface area contributed by atoms with E-state index in [9.17, 15) is 14.4 Å². The van der Waals surface area contributed by atoms with Crippen molar-refractivity contribution in [2.75, 3.05) is 17.2 Å². The van der Waals surface area contributed by atoms with Crippen molar-refractivity contribution in [2.24, 2.45) is 0 Å². The van der Waals surface area contributed by atoms with Crippen molar-refractivity contribution in [3.05, 3.63) is 101 Å². The number of esters is 1. The van der Waals surface area contributed by atoms with Crippen LogP contribution in [0, 0.1) is 0 Å². The highest BCUT2D eigenvalue weighted by atomic mass is 16.5. The molecule has 0 atom stereocenters. The van der Waals surface area contributed by atoms with Gasteiger partial charge in [0.05, 0.1) is 16.8 Å². The van der Waals surface area contributed by atoms with Gasteiger partial charge in [0.1, 0.15) is 0 Å². The molecule has 7 nitrogen and oxygen atoms in total. The SMILES string of the molecule is CC(=O)Nc1ccc(NC(=O)COC(=O)c2c3c(nc4ccccc24)/C(=C/c2ccccc2)CC3)cc1. The van der Waals surface area contributed by atoms with E-state index >= 15 is 0 Å². The first kappa shape index (κ1) is 23.9. The summed E-state index contributed by atoms with van der Waals surface area (Å²) in [6.45, 7) is 0.996. The molecule has 4 aromatic rings. The average molecular weight is 492 g/mol. The van der Waals surface area contributed by atoms with E-state index in [1.165, 1.54) is 6.92 Å². The molecule has 0 aliphatic heterocycles. The molecule has 1 aromatic heterocycles. The first-order valence-corrected chi connectivity index (χ1v) is 12.0. The molecule has 2 N–H and O–H groups in total. The van der Waals surface area contributed by atoms with E-state index < -0.39 is 18.5 Å². The van der Waals surface area contributed by atoms with Gasteiger partial charge < -0.3 is 15.4 Å². The predicted octanol–water partition coefficient (Wildman–Crippen LogP) is 5.48.